The van der Waals surface area contributed by atoms with Crippen molar-refractivity contribution in [1.82, 2.24) is 0 Å². The zero-order valence-corrected chi connectivity index (χ0v) is 14.0. The van der Waals surface area contributed by atoms with Gasteiger partial charge in [-0.05, 0) is 64.1 Å². The van der Waals surface area contributed by atoms with E-state index in [4.69, 9.17) is 11.6 Å². The van der Waals surface area contributed by atoms with E-state index in [-0.39, 0.29) is 11.7 Å². The van der Waals surface area contributed by atoms with Gasteiger partial charge in [0.15, 0.2) is 5.78 Å². The Morgan fingerprint density at radius 2 is 1.58 bits per heavy atom. The molecule has 2 heteroatoms. The molecule has 0 amide bonds. The molecule has 3 aromatic rings. The highest BCUT2D eigenvalue weighted by molar-refractivity contribution is 6.30. The summed E-state index contributed by atoms with van der Waals surface area (Å²) >= 11 is 5.98. The van der Waals surface area contributed by atoms with Gasteiger partial charge in [-0.3, -0.25) is 4.79 Å². The third-order valence-electron chi connectivity index (χ3n) is 4.71. The van der Waals surface area contributed by atoms with Crippen LogP contribution in [0, 0.1) is 0 Å². The van der Waals surface area contributed by atoms with E-state index in [1.807, 2.05) is 42.5 Å². The lowest BCUT2D eigenvalue weighted by molar-refractivity contribution is -0.115. The number of hydrogen-bond donors (Lipinski definition) is 0. The van der Waals surface area contributed by atoms with Gasteiger partial charge in [0.2, 0.25) is 0 Å². The second-order valence-electron chi connectivity index (χ2n) is 6.35. The van der Waals surface area contributed by atoms with E-state index in [9.17, 15) is 4.79 Å². The molecule has 1 atom stereocenters. The van der Waals surface area contributed by atoms with Crippen molar-refractivity contribution in [2.45, 2.75) is 18.8 Å². The second kappa shape index (κ2) is 6.26. The first-order valence-electron chi connectivity index (χ1n) is 8.17. The summed E-state index contributed by atoms with van der Waals surface area (Å²) in [6.07, 6.45) is 3.26. The highest BCUT2D eigenvalue weighted by atomic mass is 35.5. The van der Waals surface area contributed by atoms with Crippen molar-refractivity contribution in [3.8, 4) is 0 Å². The van der Waals surface area contributed by atoms with Crippen LogP contribution in [0.5, 0.6) is 0 Å². The summed E-state index contributed by atoms with van der Waals surface area (Å²) in [5, 5.41) is 3.15. The molecule has 0 aliphatic heterocycles. The van der Waals surface area contributed by atoms with Crippen LogP contribution in [-0.4, -0.2) is 5.78 Å². The van der Waals surface area contributed by atoms with Crippen molar-refractivity contribution in [3.63, 3.8) is 0 Å². The first kappa shape index (κ1) is 15.2. The number of fused-ring (bicyclic) bond motifs is 1. The Morgan fingerprint density at radius 1 is 0.833 bits per heavy atom. The highest BCUT2D eigenvalue weighted by Gasteiger charge is 2.23. The largest absolute Gasteiger partial charge is 0.295 e. The molecule has 0 heterocycles. The summed E-state index contributed by atoms with van der Waals surface area (Å²) in [5.41, 5.74) is 3.44. The van der Waals surface area contributed by atoms with Crippen molar-refractivity contribution in [1.29, 1.82) is 0 Å². The molecule has 0 unspecified atom stereocenters. The van der Waals surface area contributed by atoms with E-state index in [0.29, 0.717) is 6.42 Å². The van der Waals surface area contributed by atoms with Crippen LogP contribution in [-0.2, 0) is 4.79 Å². The minimum absolute atomic E-state index is 0.198. The monoisotopic (exact) mass is 332 g/mol. The summed E-state index contributed by atoms with van der Waals surface area (Å²) in [6, 6.07) is 22.6. The average molecular weight is 333 g/mol. The highest BCUT2D eigenvalue weighted by Crippen LogP contribution is 2.37. The number of benzene rings is 3. The molecule has 4 rings (SSSR count). The first-order chi connectivity index (χ1) is 11.7. The number of hydrogen-bond acceptors (Lipinski definition) is 1. The quantitative estimate of drug-likeness (QED) is 0.560. The van der Waals surface area contributed by atoms with Gasteiger partial charge in [0.05, 0.1) is 0 Å². The molecule has 0 saturated carbocycles. The minimum atomic E-state index is 0.198. The smallest absolute Gasteiger partial charge is 0.156 e. The lowest BCUT2D eigenvalue weighted by Crippen LogP contribution is -2.12. The van der Waals surface area contributed by atoms with Crippen molar-refractivity contribution in [2.75, 3.05) is 0 Å². The van der Waals surface area contributed by atoms with Gasteiger partial charge >= 0.3 is 0 Å². The lowest BCUT2D eigenvalue weighted by atomic mass is 9.81. The SMILES string of the molecule is O=C1C=C(c2ccc3ccccc3c2)C[C@@H](c2ccc(Cl)cc2)C1. The standard InChI is InChI=1S/C22H17ClO/c23-21-9-7-16(8-10-21)19-12-20(14-22(24)13-19)18-6-5-15-3-1-2-4-17(15)11-18/h1-11,14,19H,12-13H2/t19-/m1/s1. The molecule has 1 nitrogen and oxygen atoms in total. The van der Waals surface area contributed by atoms with E-state index in [2.05, 4.69) is 30.3 Å². The van der Waals surface area contributed by atoms with Gasteiger partial charge < -0.3 is 0 Å². The Bertz CT molecular complexity index is 938. The molecule has 0 N–H and O–H groups in total. The number of rotatable bonds is 2. The fraction of sp³-hybridized carbons (Fsp3) is 0.136. The van der Waals surface area contributed by atoms with Gasteiger partial charge in [0, 0.05) is 11.4 Å². The maximum absolute atomic E-state index is 12.3. The van der Waals surface area contributed by atoms with Crippen LogP contribution in [0.15, 0.2) is 72.8 Å². The first-order valence-corrected chi connectivity index (χ1v) is 8.55. The maximum atomic E-state index is 12.3. The molecule has 0 saturated heterocycles. The molecule has 1 aliphatic carbocycles. The Hall–Kier alpha value is -2.38. The Labute approximate surface area is 146 Å². The molecule has 0 aromatic heterocycles. The summed E-state index contributed by atoms with van der Waals surface area (Å²) < 4.78 is 0. The van der Waals surface area contributed by atoms with Crippen LogP contribution in [0.25, 0.3) is 16.3 Å². The van der Waals surface area contributed by atoms with Crippen molar-refractivity contribution in [3.05, 3.63) is 89.0 Å². The molecule has 0 fully saturated rings. The molecule has 0 radical (unpaired) electrons. The van der Waals surface area contributed by atoms with Crippen LogP contribution in [0.3, 0.4) is 0 Å². The van der Waals surface area contributed by atoms with E-state index in [1.165, 1.54) is 16.3 Å². The van der Waals surface area contributed by atoms with Gasteiger partial charge in [0.1, 0.15) is 0 Å². The van der Waals surface area contributed by atoms with Gasteiger partial charge in [-0.25, -0.2) is 0 Å². The van der Waals surface area contributed by atoms with E-state index in [1.54, 1.807) is 0 Å². The van der Waals surface area contributed by atoms with Crippen LogP contribution >= 0.6 is 11.6 Å². The third kappa shape index (κ3) is 3.00. The van der Waals surface area contributed by atoms with Crippen LogP contribution in [0.1, 0.15) is 29.9 Å². The molecule has 0 spiro atoms. The summed E-state index contributed by atoms with van der Waals surface area (Å²) in [4.78, 5) is 12.3. The number of halogens is 1. The summed E-state index contributed by atoms with van der Waals surface area (Å²) in [7, 11) is 0. The normalized spacial score (nSPS) is 17.8. The lowest BCUT2D eigenvalue weighted by Gasteiger charge is -2.23. The molecule has 118 valence electrons. The van der Waals surface area contributed by atoms with E-state index in [0.717, 1.165) is 22.6 Å². The number of carbonyl (C=O) groups is 1. The maximum Gasteiger partial charge on any atom is 0.156 e. The van der Waals surface area contributed by atoms with Crippen LogP contribution in [0.2, 0.25) is 5.02 Å². The van der Waals surface area contributed by atoms with Crippen molar-refractivity contribution < 1.29 is 4.79 Å². The molecule has 3 aromatic carbocycles. The van der Waals surface area contributed by atoms with Gasteiger partial charge in [-0.15, -0.1) is 0 Å². The zero-order chi connectivity index (χ0) is 16.5. The number of carbonyl (C=O) groups excluding carboxylic acids is 1. The third-order valence-corrected chi connectivity index (χ3v) is 4.96. The Morgan fingerprint density at radius 3 is 2.38 bits per heavy atom. The Balaban J connectivity index is 1.68. The van der Waals surface area contributed by atoms with Crippen LogP contribution in [0.4, 0.5) is 0 Å². The van der Waals surface area contributed by atoms with Gasteiger partial charge in [-0.2, -0.15) is 0 Å². The second-order valence-corrected chi connectivity index (χ2v) is 6.79. The summed E-state index contributed by atoms with van der Waals surface area (Å²) in [6.45, 7) is 0. The van der Waals surface area contributed by atoms with Gasteiger partial charge in [0.25, 0.3) is 0 Å². The van der Waals surface area contributed by atoms with Gasteiger partial charge in [-0.1, -0.05) is 60.1 Å². The molecular weight excluding hydrogens is 316 g/mol. The van der Waals surface area contributed by atoms with Crippen molar-refractivity contribution >= 4 is 33.7 Å². The van der Waals surface area contributed by atoms with E-state index >= 15 is 0 Å². The fourth-order valence-corrected chi connectivity index (χ4v) is 3.58. The molecule has 24 heavy (non-hydrogen) atoms. The number of allylic oxidation sites excluding steroid dienone is 2. The zero-order valence-electron chi connectivity index (χ0n) is 13.2. The Kier molecular flexibility index (Phi) is 3.95. The molecular formula is C22H17ClO. The predicted octanol–water partition coefficient (Wildman–Crippen LogP) is 6.02. The average Bonchev–Trinajstić information content (AvgIpc) is 2.61. The summed E-state index contributed by atoms with van der Waals surface area (Å²) in [5.74, 6) is 0.422. The fourth-order valence-electron chi connectivity index (χ4n) is 3.45. The minimum Gasteiger partial charge on any atom is -0.295 e. The van der Waals surface area contributed by atoms with Crippen molar-refractivity contribution in [2.24, 2.45) is 0 Å². The van der Waals surface area contributed by atoms with E-state index < -0.39 is 0 Å². The topological polar surface area (TPSA) is 17.1 Å². The molecule has 1 aliphatic rings. The van der Waals surface area contributed by atoms with Crippen LogP contribution < -0.4 is 0 Å². The molecule has 0 bridgehead atoms. The number of ketones is 1. The predicted molar refractivity (Wildman–Crippen MR) is 100 cm³/mol.